The quantitative estimate of drug-likeness (QED) is 0.615. The van der Waals surface area contributed by atoms with E-state index in [1.807, 2.05) is 36.7 Å². The van der Waals surface area contributed by atoms with E-state index in [1.165, 1.54) is 10.8 Å². The van der Waals surface area contributed by atoms with Crippen molar-refractivity contribution in [3.63, 3.8) is 0 Å². The lowest BCUT2D eigenvalue weighted by Crippen LogP contribution is -1.71. The molecule has 0 aliphatic rings. The predicted octanol–water partition coefficient (Wildman–Crippen LogP) is 3.82. The average molecular weight is 185 g/mol. The van der Waals surface area contributed by atoms with E-state index >= 15 is 0 Å². The molecule has 0 aliphatic heterocycles. The summed E-state index contributed by atoms with van der Waals surface area (Å²) < 4.78 is 0. The molecule has 1 nitrogen and oxygen atoms in total. The first-order valence-electron chi connectivity index (χ1n) is 4.78. The minimum Gasteiger partial charge on any atom is -0.264 e. The van der Waals surface area contributed by atoms with Crippen LogP contribution in [0.4, 0.5) is 0 Å². The Hall–Kier alpha value is -1.63. The predicted molar refractivity (Wildman–Crippen MR) is 62.2 cm³/mol. The molecule has 0 spiro atoms. The summed E-state index contributed by atoms with van der Waals surface area (Å²) in [6.07, 6.45) is 6.64. The summed E-state index contributed by atoms with van der Waals surface area (Å²) in [5.74, 6) is 0. The van der Waals surface area contributed by atoms with Gasteiger partial charge >= 0.3 is 0 Å². The van der Waals surface area contributed by atoms with Crippen LogP contribution < -0.4 is 0 Å². The molecular formula is C13H15N. The number of aromatic nitrogens is 1. The molecule has 0 unspecified atom stereocenters. The van der Waals surface area contributed by atoms with Crippen LogP contribution in [0.25, 0.3) is 10.8 Å². The molecule has 0 fully saturated rings. The fraction of sp³-hybridized carbons (Fsp3) is 0.154. The summed E-state index contributed by atoms with van der Waals surface area (Å²) in [5, 5.41) is 2.45. The second-order valence-electron chi connectivity index (χ2n) is 2.92. The zero-order valence-corrected chi connectivity index (χ0v) is 8.48. The SMILES string of the molecule is C=CCC.c1ccc2cnccc2c1. The van der Waals surface area contributed by atoms with Crippen molar-refractivity contribution in [2.75, 3.05) is 0 Å². The lowest BCUT2D eigenvalue weighted by molar-refractivity contribution is 1.23. The average Bonchev–Trinajstić information content (AvgIpc) is 2.30. The summed E-state index contributed by atoms with van der Waals surface area (Å²) in [6, 6.07) is 10.2. The number of nitrogens with zero attached hydrogens (tertiary/aromatic N) is 1. The van der Waals surface area contributed by atoms with Crippen LogP contribution >= 0.6 is 0 Å². The Labute approximate surface area is 85.1 Å². The van der Waals surface area contributed by atoms with Crippen molar-refractivity contribution in [3.05, 3.63) is 55.4 Å². The van der Waals surface area contributed by atoms with E-state index in [4.69, 9.17) is 0 Å². The molecule has 0 saturated carbocycles. The number of hydrogen-bond donors (Lipinski definition) is 0. The van der Waals surface area contributed by atoms with Gasteiger partial charge in [-0.25, -0.2) is 0 Å². The Morgan fingerprint density at radius 1 is 1.21 bits per heavy atom. The molecule has 2 aromatic rings. The van der Waals surface area contributed by atoms with Gasteiger partial charge in [-0.05, 0) is 23.3 Å². The second-order valence-corrected chi connectivity index (χ2v) is 2.92. The minimum absolute atomic E-state index is 1.08. The maximum Gasteiger partial charge on any atom is 0.0346 e. The van der Waals surface area contributed by atoms with Crippen LogP contribution in [0.3, 0.4) is 0 Å². The highest BCUT2D eigenvalue weighted by molar-refractivity contribution is 5.80. The van der Waals surface area contributed by atoms with Gasteiger partial charge in [-0.1, -0.05) is 37.3 Å². The second kappa shape index (κ2) is 5.92. The maximum absolute atomic E-state index is 4.01. The standard InChI is InChI=1S/C9H7N.C4H8/c1-2-4-9-7-10-6-5-8(9)3-1;1-3-4-2/h1-7H;3H,1,4H2,2H3. The molecule has 1 aromatic heterocycles. The first-order valence-corrected chi connectivity index (χ1v) is 4.78. The summed E-state index contributed by atoms with van der Waals surface area (Å²) in [6.45, 7) is 5.54. The Morgan fingerprint density at radius 2 is 1.86 bits per heavy atom. The van der Waals surface area contributed by atoms with Crippen molar-refractivity contribution < 1.29 is 0 Å². The van der Waals surface area contributed by atoms with Crippen LogP contribution in [0.1, 0.15) is 13.3 Å². The first kappa shape index (κ1) is 10.5. The molecular weight excluding hydrogens is 170 g/mol. The number of benzene rings is 1. The van der Waals surface area contributed by atoms with Gasteiger partial charge in [0.15, 0.2) is 0 Å². The third-order valence-corrected chi connectivity index (χ3v) is 1.84. The van der Waals surface area contributed by atoms with Crippen molar-refractivity contribution in [1.29, 1.82) is 0 Å². The molecule has 0 saturated heterocycles. The van der Waals surface area contributed by atoms with Crippen LogP contribution in [0, 0.1) is 0 Å². The summed E-state index contributed by atoms with van der Waals surface area (Å²) in [5.41, 5.74) is 0. The van der Waals surface area contributed by atoms with Crippen LogP contribution in [0.5, 0.6) is 0 Å². The topological polar surface area (TPSA) is 12.9 Å². The highest BCUT2D eigenvalue weighted by Crippen LogP contribution is 2.09. The fourth-order valence-corrected chi connectivity index (χ4v) is 1.03. The van der Waals surface area contributed by atoms with E-state index in [9.17, 15) is 0 Å². The highest BCUT2D eigenvalue weighted by Gasteiger charge is 1.86. The van der Waals surface area contributed by atoms with E-state index in [0.29, 0.717) is 0 Å². The van der Waals surface area contributed by atoms with E-state index in [2.05, 4.69) is 30.6 Å². The van der Waals surface area contributed by atoms with E-state index in [-0.39, 0.29) is 0 Å². The largest absolute Gasteiger partial charge is 0.264 e. The molecule has 0 aliphatic carbocycles. The summed E-state index contributed by atoms with van der Waals surface area (Å²) in [4.78, 5) is 4.01. The Morgan fingerprint density at radius 3 is 2.43 bits per heavy atom. The van der Waals surface area contributed by atoms with Gasteiger partial charge in [0.1, 0.15) is 0 Å². The Balaban J connectivity index is 0.000000213. The molecule has 2 rings (SSSR count). The smallest absolute Gasteiger partial charge is 0.0346 e. The van der Waals surface area contributed by atoms with Gasteiger partial charge in [0.05, 0.1) is 0 Å². The number of allylic oxidation sites excluding steroid dienone is 1. The maximum atomic E-state index is 4.01. The van der Waals surface area contributed by atoms with Crippen molar-refractivity contribution in [2.24, 2.45) is 0 Å². The summed E-state index contributed by atoms with van der Waals surface area (Å²) >= 11 is 0. The number of pyridine rings is 1. The molecule has 1 heterocycles. The molecule has 0 atom stereocenters. The van der Waals surface area contributed by atoms with Gasteiger partial charge in [-0.15, -0.1) is 6.58 Å². The van der Waals surface area contributed by atoms with Crippen molar-refractivity contribution >= 4 is 10.8 Å². The van der Waals surface area contributed by atoms with Gasteiger partial charge < -0.3 is 0 Å². The fourth-order valence-electron chi connectivity index (χ4n) is 1.03. The van der Waals surface area contributed by atoms with Crippen LogP contribution in [-0.4, -0.2) is 4.98 Å². The van der Waals surface area contributed by atoms with Crippen molar-refractivity contribution in [2.45, 2.75) is 13.3 Å². The molecule has 14 heavy (non-hydrogen) atoms. The van der Waals surface area contributed by atoms with Gasteiger partial charge in [-0.3, -0.25) is 4.98 Å². The van der Waals surface area contributed by atoms with E-state index < -0.39 is 0 Å². The Kier molecular flexibility index (Phi) is 4.42. The minimum atomic E-state index is 1.08. The van der Waals surface area contributed by atoms with Gasteiger partial charge in [0.25, 0.3) is 0 Å². The van der Waals surface area contributed by atoms with E-state index in [1.54, 1.807) is 0 Å². The van der Waals surface area contributed by atoms with E-state index in [0.717, 1.165) is 6.42 Å². The van der Waals surface area contributed by atoms with Crippen LogP contribution in [0.2, 0.25) is 0 Å². The first-order chi connectivity index (χ1) is 6.88. The lowest BCUT2D eigenvalue weighted by atomic mass is 10.2. The van der Waals surface area contributed by atoms with Gasteiger partial charge in [0.2, 0.25) is 0 Å². The van der Waals surface area contributed by atoms with Crippen molar-refractivity contribution in [3.8, 4) is 0 Å². The number of fused-ring (bicyclic) bond motifs is 1. The normalized spacial score (nSPS) is 8.93. The molecule has 0 radical (unpaired) electrons. The molecule has 0 N–H and O–H groups in total. The lowest BCUT2D eigenvalue weighted by Gasteiger charge is -1.91. The number of hydrogen-bond acceptors (Lipinski definition) is 1. The monoisotopic (exact) mass is 185 g/mol. The summed E-state index contributed by atoms with van der Waals surface area (Å²) in [7, 11) is 0. The number of rotatable bonds is 1. The molecule has 1 heteroatoms. The van der Waals surface area contributed by atoms with Crippen LogP contribution in [-0.2, 0) is 0 Å². The third kappa shape index (κ3) is 3.02. The zero-order chi connectivity index (χ0) is 10.2. The molecule has 72 valence electrons. The van der Waals surface area contributed by atoms with Gasteiger partial charge in [-0.2, -0.15) is 0 Å². The van der Waals surface area contributed by atoms with Crippen LogP contribution in [0.15, 0.2) is 55.4 Å². The highest BCUT2D eigenvalue weighted by atomic mass is 14.6. The third-order valence-electron chi connectivity index (χ3n) is 1.84. The molecule has 1 aromatic carbocycles. The van der Waals surface area contributed by atoms with Crippen molar-refractivity contribution in [1.82, 2.24) is 4.98 Å². The zero-order valence-electron chi connectivity index (χ0n) is 8.48. The molecule has 0 bridgehead atoms. The van der Waals surface area contributed by atoms with Gasteiger partial charge in [0, 0.05) is 12.4 Å². The molecule has 0 amide bonds. The Bertz CT molecular complexity index is 328.